The number of carbonyl (C=O) groups excluding carboxylic acids is 1. The molecule has 8 nitrogen and oxygen atoms in total. The fourth-order valence-corrected chi connectivity index (χ4v) is 2.97. The summed E-state index contributed by atoms with van der Waals surface area (Å²) in [5.74, 6) is 0.636. The molecule has 1 N–H and O–H groups in total. The number of aryl methyl sites for hydroxylation is 1. The van der Waals surface area contributed by atoms with E-state index in [4.69, 9.17) is 4.52 Å². The highest BCUT2D eigenvalue weighted by Crippen LogP contribution is 2.20. The Kier molecular flexibility index (Phi) is 4.01. The molecule has 3 aromatic rings. The average Bonchev–Trinajstić information content (AvgIpc) is 3.30. The highest BCUT2D eigenvalue weighted by Gasteiger charge is 2.23. The molecule has 4 rings (SSSR count). The standard InChI is InChI=1S/C17H18N6O2/c1-11(17-21-15(22-25-17)12-5-4-7-18-9-12)20-16(24)13-10-19-23-8-3-2-6-14(13)23/h4-5,7,9-11H,2-3,6,8H2,1H3,(H,20,24)/t11-/m0/s1. The maximum Gasteiger partial charge on any atom is 0.255 e. The SMILES string of the molecule is C[C@H](NC(=O)c1cnn2c1CCCC2)c1nc(-c2cccnc2)no1. The van der Waals surface area contributed by atoms with Gasteiger partial charge in [-0.25, -0.2) is 0 Å². The van der Waals surface area contributed by atoms with E-state index >= 15 is 0 Å². The summed E-state index contributed by atoms with van der Waals surface area (Å²) in [6.07, 6.45) is 8.04. The Morgan fingerprint density at radius 3 is 3.12 bits per heavy atom. The van der Waals surface area contributed by atoms with Crippen molar-refractivity contribution in [2.75, 3.05) is 0 Å². The molecule has 1 amide bonds. The molecule has 8 heteroatoms. The normalized spacial score (nSPS) is 14.8. The van der Waals surface area contributed by atoms with E-state index in [0.717, 1.165) is 37.1 Å². The van der Waals surface area contributed by atoms with Gasteiger partial charge in [0.05, 0.1) is 17.5 Å². The molecule has 3 aromatic heterocycles. The third-order valence-electron chi connectivity index (χ3n) is 4.31. The Balaban J connectivity index is 1.49. The molecular weight excluding hydrogens is 320 g/mol. The van der Waals surface area contributed by atoms with E-state index in [1.54, 1.807) is 24.7 Å². The summed E-state index contributed by atoms with van der Waals surface area (Å²) in [4.78, 5) is 21.0. The van der Waals surface area contributed by atoms with Crippen LogP contribution in [0.15, 0.2) is 35.2 Å². The number of pyridine rings is 1. The predicted octanol–water partition coefficient (Wildman–Crippen LogP) is 2.16. The minimum Gasteiger partial charge on any atom is -0.340 e. The van der Waals surface area contributed by atoms with Crippen LogP contribution in [0.25, 0.3) is 11.4 Å². The first kappa shape index (κ1) is 15.5. The van der Waals surface area contributed by atoms with Gasteiger partial charge in [-0.2, -0.15) is 10.1 Å². The van der Waals surface area contributed by atoms with Gasteiger partial charge in [-0.1, -0.05) is 5.16 Å². The summed E-state index contributed by atoms with van der Waals surface area (Å²) in [6.45, 7) is 2.69. The molecule has 1 atom stereocenters. The van der Waals surface area contributed by atoms with Gasteiger partial charge in [0.2, 0.25) is 11.7 Å². The van der Waals surface area contributed by atoms with Crippen LogP contribution in [0.1, 0.15) is 47.7 Å². The van der Waals surface area contributed by atoms with Crippen molar-refractivity contribution in [3.05, 3.63) is 47.9 Å². The quantitative estimate of drug-likeness (QED) is 0.782. The van der Waals surface area contributed by atoms with E-state index in [2.05, 4.69) is 25.5 Å². The van der Waals surface area contributed by atoms with Gasteiger partial charge in [-0.15, -0.1) is 0 Å². The number of aromatic nitrogens is 5. The molecule has 1 aliphatic heterocycles. The zero-order valence-electron chi connectivity index (χ0n) is 13.8. The topological polar surface area (TPSA) is 98.7 Å². The van der Waals surface area contributed by atoms with Gasteiger partial charge in [-0.05, 0) is 38.3 Å². The second-order valence-corrected chi connectivity index (χ2v) is 6.08. The fourth-order valence-electron chi connectivity index (χ4n) is 2.97. The minimum absolute atomic E-state index is 0.170. The van der Waals surface area contributed by atoms with E-state index in [9.17, 15) is 4.79 Å². The molecule has 4 heterocycles. The first-order valence-electron chi connectivity index (χ1n) is 8.32. The molecule has 0 radical (unpaired) electrons. The van der Waals surface area contributed by atoms with Crippen LogP contribution in [0.4, 0.5) is 0 Å². The van der Waals surface area contributed by atoms with Crippen LogP contribution in [0.3, 0.4) is 0 Å². The highest BCUT2D eigenvalue weighted by atomic mass is 16.5. The summed E-state index contributed by atoms with van der Waals surface area (Å²) in [5, 5.41) is 11.2. The number of hydrogen-bond donors (Lipinski definition) is 1. The molecule has 0 spiro atoms. The van der Waals surface area contributed by atoms with Crippen LogP contribution < -0.4 is 5.32 Å². The van der Waals surface area contributed by atoms with E-state index in [0.29, 0.717) is 17.3 Å². The summed E-state index contributed by atoms with van der Waals surface area (Å²) >= 11 is 0. The number of fused-ring (bicyclic) bond motifs is 1. The molecule has 0 fully saturated rings. The Morgan fingerprint density at radius 1 is 1.36 bits per heavy atom. The fraction of sp³-hybridized carbons (Fsp3) is 0.353. The van der Waals surface area contributed by atoms with Gasteiger partial charge in [-0.3, -0.25) is 14.5 Å². The van der Waals surface area contributed by atoms with Crippen molar-refractivity contribution in [2.24, 2.45) is 0 Å². The number of nitrogens with zero attached hydrogens (tertiary/aromatic N) is 5. The van der Waals surface area contributed by atoms with Crippen LogP contribution in [0.2, 0.25) is 0 Å². The lowest BCUT2D eigenvalue weighted by molar-refractivity contribution is 0.0931. The van der Waals surface area contributed by atoms with Gasteiger partial charge >= 0.3 is 0 Å². The number of nitrogens with one attached hydrogen (secondary N) is 1. The summed E-state index contributed by atoms with van der Waals surface area (Å²) in [6, 6.07) is 3.26. The van der Waals surface area contributed by atoms with Crippen molar-refractivity contribution >= 4 is 5.91 Å². The Hall–Kier alpha value is -3.03. The van der Waals surface area contributed by atoms with Crippen molar-refractivity contribution in [2.45, 2.75) is 38.8 Å². The third-order valence-corrected chi connectivity index (χ3v) is 4.31. The first-order valence-corrected chi connectivity index (χ1v) is 8.32. The Labute approximate surface area is 144 Å². The summed E-state index contributed by atoms with van der Waals surface area (Å²) in [5.41, 5.74) is 2.39. The van der Waals surface area contributed by atoms with Crippen molar-refractivity contribution in [3.8, 4) is 11.4 Å². The molecule has 25 heavy (non-hydrogen) atoms. The molecule has 128 valence electrons. The Morgan fingerprint density at radius 2 is 2.28 bits per heavy atom. The maximum atomic E-state index is 12.6. The van der Waals surface area contributed by atoms with Crippen LogP contribution in [0.5, 0.6) is 0 Å². The highest BCUT2D eigenvalue weighted by molar-refractivity contribution is 5.95. The zero-order chi connectivity index (χ0) is 17.2. The lowest BCUT2D eigenvalue weighted by Gasteiger charge is -2.15. The lowest BCUT2D eigenvalue weighted by atomic mass is 10.1. The molecule has 0 saturated carbocycles. The van der Waals surface area contributed by atoms with Crippen LogP contribution in [-0.2, 0) is 13.0 Å². The van der Waals surface area contributed by atoms with Crippen molar-refractivity contribution < 1.29 is 9.32 Å². The van der Waals surface area contributed by atoms with E-state index in [-0.39, 0.29) is 5.91 Å². The predicted molar refractivity (Wildman–Crippen MR) is 88.6 cm³/mol. The minimum atomic E-state index is -0.399. The van der Waals surface area contributed by atoms with Gasteiger partial charge in [0.1, 0.15) is 6.04 Å². The molecular formula is C17H18N6O2. The second-order valence-electron chi connectivity index (χ2n) is 6.08. The van der Waals surface area contributed by atoms with Crippen molar-refractivity contribution in [3.63, 3.8) is 0 Å². The van der Waals surface area contributed by atoms with Gasteiger partial charge in [0.15, 0.2) is 0 Å². The van der Waals surface area contributed by atoms with Crippen molar-refractivity contribution in [1.82, 2.24) is 30.2 Å². The maximum absolute atomic E-state index is 12.6. The van der Waals surface area contributed by atoms with E-state index < -0.39 is 6.04 Å². The average molecular weight is 338 g/mol. The third kappa shape index (κ3) is 3.02. The summed E-state index contributed by atoms with van der Waals surface area (Å²) < 4.78 is 7.20. The van der Waals surface area contributed by atoms with Crippen LogP contribution in [0, 0.1) is 0 Å². The number of hydrogen-bond acceptors (Lipinski definition) is 6. The Bertz CT molecular complexity index is 886. The monoisotopic (exact) mass is 338 g/mol. The van der Waals surface area contributed by atoms with Gasteiger partial charge in [0.25, 0.3) is 5.91 Å². The lowest BCUT2D eigenvalue weighted by Crippen LogP contribution is -2.28. The zero-order valence-corrected chi connectivity index (χ0v) is 13.8. The first-order chi connectivity index (χ1) is 12.2. The smallest absolute Gasteiger partial charge is 0.255 e. The molecule has 0 bridgehead atoms. The molecule has 0 aromatic carbocycles. The number of amides is 1. The van der Waals surface area contributed by atoms with Gasteiger partial charge in [0, 0.05) is 24.5 Å². The molecule has 0 aliphatic carbocycles. The van der Waals surface area contributed by atoms with Crippen molar-refractivity contribution in [1.29, 1.82) is 0 Å². The second kappa shape index (κ2) is 6.46. The van der Waals surface area contributed by atoms with Crippen LogP contribution >= 0.6 is 0 Å². The van der Waals surface area contributed by atoms with Gasteiger partial charge < -0.3 is 9.84 Å². The molecule has 0 unspecified atom stereocenters. The molecule has 1 aliphatic rings. The number of carbonyl (C=O) groups is 1. The summed E-state index contributed by atoms with van der Waals surface area (Å²) in [7, 11) is 0. The van der Waals surface area contributed by atoms with E-state index in [1.165, 1.54) is 0 Å². The molecule has 0 saturated heterocycles. The largest absolute Gasteiger partial charge is 0.340 e. The van der Waals surface area contributed by atoms with E-state index in [1.807, 2.05) is 17.7 Å². The number of rotatable bonds is 4. The van der Waals surface area contributed by atoms with Crippen LogP contribution in [-0.4, -0.2) is 30.8 Å².